The van der Waals surface area contributed by atoms with Gasteiger partial charge in [-0.1, -0.05) is 40.1 Å². The Bertz CT molecular complexity index is 577. The standard InChI is InChI=1S/C14H15BrN2O/c1-2-6-16-8-13-11-7-10-9(14(11)18-17-13)4-3-5-12(10)15/h3-5,16H,2,6-8H2,1H3. The summed E-state index contributed by atoms with van der Waals surface area (Å²) < 4.78 is 6.66. The predicted octanol–water partition coefficient (Wildman–Crippen LogP) is 3.51. The third kappa shape index (κ3) is 1.89. The van der Waals surface area contributed by atoms with Gasteiger partial charge in [-0.25, -0.2) is 0 Å². The van der Waals surface area contributed by atoms with Gasteiger partial charge < -0.3 is 9.84 Å². The molecule has 3 nitrogen and oxygen atoms in total. The number of nitrogens with one attached hydrogen (secondary N) is 1. The molecule has 0 radical (unpaired) electrons. The summed E-state index contributed by atoms with van der Waals surface area (Å²) in [5.41, 5.74) is 4.76. The Hall–Kier alpha value is -1.13. The average molecular weight is 307 g/mol. The second kappa shape index (κ2) is 4.86. The van der Waals surface area contributed by atoms with Crippen LogP contribution < -0.4 is 5.32 Å². The lowest BCUT2D eigenvalue weighted by molar-refractivity contribution is 0.420. The van der Waals surface area contributed by atoms with Crippen LogP contribution >= 0.6 is 15.9 Å². The van der Waals surface area contributed by atoms with E-state index < -0.39 is 0 Å². The van der Waals surface area contributed by atoms with Crippen LogP contribution in [0.3, 0.4) is 0 Å². The number of hydrogen-bond acceptors (Lipinski definition) is 3. The van der Waals surface area contributed by atoms with Gasteiger partial charge in [-0.05, 0) is 24.6 Å². The van der Waals surface area contributed by atoms with Gasteiger partial charge in [0.25, 0.3) is 0 Å². The zero-order valence-corrected chi connectivity index (χ0v) is 11.9. The summed E-state index contributed by atoms with van der Waals surface area (Å²) in [5, 5.41) is 7.56. The Labute approximate surface area is 115 Å². The van der Waals surface area contributed by atoms with E-state index in [-0.39, 0.29) is 0 Å². The molecule has 0 unspecified atom stereocenters. The largest absolute Gasteiger partial charge is 0.356 e. The number of rotatable bonds is 4. The van der Waals surface area contributed by atoms with Crippen molar-refractivity contribution in [1.82, 2.24) is 10.5 Å². The van der Waals surface area contributed by atoms with Crippen LogP contribution in [0.25, 0.3) is 11.3 Å². The highest BCUT2D eigenvalue weighted by atomic mass is 79.9. The van der Waals surface area contributed by atoms with E-state index in [4.69, 9.17) is 4.52 Å². The maximum atomic E-state index is 5.51. The fraction of sp³-hybridized carbons (Fsp3) is 0.357. The summed E-state index contributed by atoms with van der Waals surface area (Å²) in [4.78, 5) is 0. The molecule has 1 N–H and O–H groups in total. The van der Waals surface area contributed by atoms with Gasteiger partial charge in [0.15, 0.2) is 5.76 Å². The number of nitrogens with zero attached hydrogens (tertiary/aromatic N) is 1. The van der Waals surface area contributed by atoms with Gasteiger partial charge in [-0.15, -0.1) is 0 Å². The molecule has 0 spiro atoms. The van der Waals surface area contributed by atoms with Gasteiger partial charge in [0.2, 0.25) is 0 Å². The van der Waals surface area contributed by atoms with Crippen molar-refractivity contribution in [2.75, 3.05) is 6.54 Å². The minimum absolute atomic E-state index is 0.790. The second-order valence-electron chi connectivity index (χ2n) is 4.56. The Morgan fingerprint density at radius 1 is 1.39 bits per heavy atom. The first-order valence-corrected chi connectivity index (χ1v) is 7.06. The molecular weight excluding hydrogens is 292 g/mol. The van der Waals surface area contributed by atoms with Crippen molar-refractivity contribution in [2.24, 2.45) is 0 Å². The molecule has 2 aromatic rings. The molecule has 0 atom stereocenters. The topological polar surface area (TPSA) is 38.1 Å². The smallest absolute Gasteiger partial charge is 0.171 e. The molecule has 3 rings (SSSR count). The van der Waals surface area contributed by atoms with E-state index >= 15 is 0 Å². The predicted molar refractivity (Wildman–Crippen MR) is 74.4 cm³/mol. The molecule has 1 heterocycles. The molecule has 1 aliphatic carbocycles. The molecule has 94 valence electrons. The van der Waals surface area contributed by atoms with Crippen LogP contribution in [0.1, 0.15) is 30.2 Å². The Kier molecular flexibility index (Phi) is 3.22. The second-order valence-corrected chi connectivity index (χ2v) is 5.41. The van der Waals surface area contributed by atoms with Crippen LogP contribution in [0.5, 0.6) is 0 Å². The zero-order valence-electron chi connectivity index (χ0n) is 10.3. The van der Waals surface area contributed by atoms with Gasteiger partial charge in [-0.3, -0.25) is 0 Å². The van der Waals surface area contributed by atoms with Gasteiger partial charge in [0.05, 0.1) is 0 Å². The van der Waals surface area contributed by atoms with E-state index in [1.54, 1.807) is 0 Å². The molecule has 18 heavy (non-hydrogen) atoms. The Balaban J connectivity index is 1.90. The van der Waals surface area contributed by atoms with Crippen molar-refractivity contribution in [3.63, 3.8) is 0 Å². The first kappa shape index (κ1) is 11.9. The molecule has 0 fully saturated rings. The minimum Gasteiger partial charge on any atom is -0.356 e. The maximum absolute atomic E-state index is 5.51. The number of benzene rings is 1. The summed E-state index contributed by atoms with van der Waals surface area (Å²) >= 11 is 3.60. The highest BCUT2D eigenvalue weighted by Crippen LogP contribution is 2.41. The Morgan fingerprint density at radius 2 is 2.28 bits per heavy atom. The fourth-order valence-electron chi connectivity index (χ4n) is 2.39. The van der Waals surface area contributed by atoms with Crippen molar-refractivity contribution in [3.05, 3.63) is 39.5 Å². The molecule has 1 aromatic heterocycles. The molecule has 4 heteroatoms. The molecule has 1 aromatic carbocycles. The van der Waals surface area contributed by atoms with Gasteiger partial charge >= 0.3 is 0 Å². The monoisotopic (exact) mass is 306 g/mol. The lowest BCUT2D eigenvalue weighted by atomic mass is 10.1. The molecule has 0 amide bonds. The molecule has 0 aliphatic heterocycles. The molecule has 1 aliphatic rings. The molecule has 0 saturated heterocycles. The van der Waals surface area contributed by atoms with E-state index in [1.165, 1.54) is 16.7 Å². The van der Waals surface area contributed by atoms with Crippen molar-refractivity contribution < 1.29 is 4.52 Å². The van der Waals surface area contributed by atoms with Gasteiger partial charge in [0, 0.05) is 28.6 Å². The average Bonchev–Trinajstić information content (AvgIpc) is 2.91. The number of halogens is 1. The lowest BCUT2D eigenvalue weighted by Gasteiger charge is -2.02. The van der Waals surface area contributed by atoms with Crippen LogP contribution in [0.4, 0.5) is 0 Å². The number of hydrogen-bond donors (Lipinski definition) is 1. The third-order valence-corrected chi connectivity index (χ3v) is 4.05. The van der Waals surface area contributed by atoms with E-state index in [0.29, 0.717) is 0 Å². The minimum atomic E-state index is 0.790. The van der Waals surface area contributed by atoms with Crippen molar-refractivity contribution in [1.29, 1.82) is 0 Å². The number of aromatic nitrogens is 1. The summed E-state index contributed by atoms with van der Waals surface area (Å²) in [5.74, 6) is 0.944. The summed E-state index contributed by atoms with van der Waals surface area (Å²) in [6.07, 6.45) is 2.05. The SMILES string of the molecule is CCCNCc1noc2c1Cc1c(Br)cccc1-2. The molecule has 0 bridgehead atoms. The first-order valence-electron chi connectivity index (χ1n) is 6.27. The highest BCUT2D eigenvalue weighted by molar-refractivity contribution is 9.10. The van der Waals surface area contributed by atoms with Crippen LogP contribution in [0.2, 0.25) is 0 Å². The summed E-state index contributed by atoms with van der Waals surface area (Å²) in [6.45, 7) is 3.96. The summed E-state index contributed by atoms with van der Waals surface area (Å²) in [6, 6.07) is 6.21. The van der Waals surface area contributed by atoms with Crippen molar-refractivity contribution in [2.45, 2.75) is 26.3 Å². The molecule has 0 saturated carbocycles. The number of fused-ring (bicyclic) bond motifs is 3. The third-order valence-electron chi connectivity index (χ3n) is 3.31. The highest BCUT2D eigenvalue weighted by Gasteiger charge is 2.27. The van der Waals surface area contributed by atoms with Crippen LogP contribution in [0, 0.1) is 0 Å². The van der Waals surface area contributed by atoms with Crippen molar-refractivity contribution >= 4 is 15.9 Å². The van der Waals surface area contributed by atoms with Gasteiger partial charge in [-0.2, -0.15) is 0 Å². The first-order chi connectivity index (χ1) is 8.81. The summed E-state index contributed by atoms with van der Waals surface area (Å²) in [7, 11) is 0. The van der Waals surface area contributed by atoms with Gasteiger partial charge in [0.1, 0.15) is 5.69 Å². The van der Waals surface area contributed by atoms with Crippen LogP contribution in [-0.2, 0) is 13.0 Å². The van der Waals surface area contributed by atoms with E-state index in [1.807, 2.05) is 6.07 Å². The zero-order chi connectivity index (χ0) is 12.5. The van der Waals surface area contributed by atoms with E-state index in [0.717, 1.165) is 41.9 Å². The fourth-order valence-corrected chi connectivity index (χ4v) is 2.89. The maximum Gasteiger partial charge on any atom is 0.171 e. The van der Waals surface area contributed by atoms with Crippen molar-refractivity contribution in [3.8, 4) is 11.3 Å². The lowest BCUT2D eigenvalue weighted by Crippen LogP contribution is -2.15. The Morgan fingerprint density at radius 3 is 3.11 bits per heavy atom. The quantitative estimate of drug-likeness (QED) is 0.750. The molecular formula is C14H15BrN2O. The van der Waals surface area contributed by atoms with E-state index in [9.17, 15) is 0 Å². The van der Waals surface area contributed by atoms with E-state index in [2.05, 4.69) is 45.5 Å². The van der Waals surface area contributed by atoms with Crippen LogP contribution in [0.15, 0.2) is 27.2 Å². The normalized spacial score (nSPS) is 12.6. The van der Waals surface area contributed by atoms with Crippen LogP contribution in [-0.4, -0.2) is 11.7 Å².